The molecule has 1 aromatic carbocycles. The molecule has 4 rings (SSSR count). The molecule has 1 aliphatic rings. The summed E-state index contributed by atoms with van der Waals surface area (Å²) in [7, 11) is 0. The van der Waals surface area contributed by atoms with Crippen LogP contribution in [0, 0.1) is 0 Å². The minimum absolute atomic E-state index is 0.0507. The maximum absolute atomic E-state index is 4.45. The maximum Gasteiger partial charge on any atom is 0.173 e. The van der Waals surface area contributed by atoms with E-state index in [4.69, 9.17) is 0 Å². The number of nitrogens with zero attached hydrogens (tertiary/aromatic N) is 6. The molecule has 26 heavy (non-hydrogen) atoms. The number of thioether (sulfide) groups is 1. The number of rotatable bonds is 3. The smallest absolute Gasteiger partial charge is 0.173 e. The molecule has 0 N–H and O–H groups in total. The first-order chi connectivity index (χ1) is 12.5. The molecule has 0 bridgehead atoms. The summed E-state index contributed by atoms with van der Waals surface area (Å²) in [6.45, 7) is 8.50. The zero-order valence-corrected chi connectivity index (χ0v) is 16.3. The van der Waals surface area contributed by atoms with E-state index >= 15 is 0 Å². The Morgan fingerprint density at radius 2 is 1.92 bits per heavy atom. The quantitative estimate of drug-likeness (QED) is 0.708. The van der Waals surface area contributed by atoms with Crippen molar-refractivity contribution >= 4 is 22.7 Å². The second-order valence-corrected chi connectivity index (χ2v) is 8.85. The Kier molecular flexibility index (Phi) is 4.67. The SMILES string of the molecule is CC(C)(C)n1nnnc1[C@@H](c1ccc2ncccc2c1)N1CCSCC1. The fourth-order valence-corrected chi connectivity index (χ4v) is 4.40. The third-order valence-corrected chi connectivity index (χ3v) is 5.67. The van der Waals surface area contributed by atoms with Gasteiger partial charge in [-0.05, 0) is 55.0 Å². The number of benzene rings is 1. The first-order valence-electron chi connectivity index (χ1n) is 8.99. The van der Waals surface area contributed by atoms with Crippen molar-refractivity contribution in [2.24, 2.45) is 0 Å². The second-order valence-electron chi connectivity index (χ2n) is 7.63. The van der Waals surface area contributed by atoms with Crippen molar-refractivity contribution in [1.82, 2.24) is 30.1 Å². The van der Waals surface area contributed by atoms with Crippen molar-refractivity contribution in [3.63, 3.8) is 0 Å². The molecule has 0 saturated carbocycles. The predicted octanol–water partition coefficient (Wildman–Crippen LogP) is 3.11. The lowest BCUT2D eigenvalue weighted by Crippen LogP contribution is -2.39. The lowest BCUT2D eigenvalue weighted by Gasteiger charge is -2.35. The molecular weight excluding hydrogens is 344 g/mol. The van der Waals surface area contributed by atoms with Gasteiger partial charge >= 0.3 is 0 Å². The number of hydrogen-bond acceptors (Lipinski definition) is 6. The van der Waals surface area contributed by atoms with Gasteiger partial charge in [0.25, 0.3) is 0 Å². The van der Waals surface area contributed by atoms with Crippen LogP contribution in [-0.4, -0.2) is 54.7 Å². The van der Waals surface area contributed by atoms with Crippen molar-refractivity contribution in [3.8, 4) is 0 Å². The van der Waals surface area contributed by atoms with E-state index in [9.17, 15) is 0 Å². The van der Waals surface area contributed by atoms with E-state index in [1.54, 1.807) is 0 Å². The first-order valence-corrected chi connectivity index (χ1v) is 10.1. The van der Waals surface area contributed by atoms with Gasteiger partial charge in [-0.3, -0.25) is 9.88 Å². The summed E-state index contributed by atoms with van der Waals surface area (Å²) in [6, 6.07) is 10.6. The van der Waals surface area contributed by atoms with Crippen LogP contribution in [0.3, 0.4) is 0 Å². The fraction of sp³-hybridized carbons (Fsp3) is 0.474. The Labute approximate surface area is 158 Å². The number of fused-ring (bicyclic) bond motifs is 1. The normalized spacial score (nSPS) is 17.5. The van der Waals surface area contributed by atoms with Gasteiger partial charge in [-0.2, -0.15) is 11.8 Å². The van der Waals surface area contributed by atoms with Crippen LogP contribution < -0.4 is 0 Å². The number of hydrogen-bond donors (Lipinski definition) is 0. The van der Waals surface area contributed by atoms with Gasteiger partial charge in [-0.15, -0.1) is 5.10 Å². The van der Waals surface area contributed by atoms with Crippen molar-refractivity contribution < 1.29 is 0 Å². The Bertz CT molecular complexity index is 894. The van der Waals surface area contributed by atoms with Crippen LogP contribution in [0.25, 0.3) is 10.9 Å². The van der Waals surface area contributed by atoms with E-state index in [0.29, 0.717) is 0 Å². The monoisotopic (exact) mass is 368 g/mol. The average Bonchev–Trinajstić information content (AvgIpc) is 3.13. The van der Waals surface area contributed by atoms with E-state index in [1.807, 2.05) is 28.7 Å². The van der Waals surface area contributed by atoms with Gasteiger partial charge in [0.15, 0.2) is 5.82 Å². The van der Waals surface area contributed by atoms with Crippen LogP contribution in [-0.2, 0) is 5.54 Å². The lowest BCUT2D eigenvalue weighted by molar-refractivity contribution is 0.220. The minimum Gasteiger partial charge on any atom is -0.288 e. The molecule has 1 atom stereocenters. The summed E-state index contributed by atoms with van der Waals surface area (Å²) in [4.78, 5) is 6.95. The zero-order valence-electron chi connectivity index (χ0n) is 15.5. The molecule has 0 spiro atoms. The Balaban J connectivity index is 1.84. The standard InChI is InChI=1S/C19H24N6S/c1-19(2,3)25-18(21-22-23-25)17(24-9-11-26-12-10-24)15-6-7-16-14(13-15)5-4-8-20-16/h4-8,13,17H,9-12H2,1-3H3/t17-/m1/s1. The summed E-state index contributed by atoms with van der Waals surface area (Å²) in [5.74, 6) is 3.19. The Morgan fingerprint density at radius 1 is 1.12 bits per heavy atom. The average molecular weight is 369 g/mol. The third kappa shape index (κ3) is 3.33. The molecule has 1 saturated heterocycles. The lowest BCUT2D eigenvalue weighted by atomic mass is 10.0. The largest absolute Gasteiger partial charge is 0.288 e. The van der Waals surface area contributed by atoms with Crippen LogP contribution in [0.5, 0.6) is 0 Å². The van der Waals surface area contributed by atoms with Gasteiger partial charge in [0, 0.05) is 36.2 Å². The van der Waals surface area contributed by atoms with Crippen LogP contribution in [0.15, 0.2) is 36.5 Å². The number of tetrazole rings is 1. The molecule has 6 nitrogen and oxygen atoms in total. The number of aromatic nitrogens is 5. The highest BCUT2D eigenvalue weighted by atomic mass is 32.2. The second kappa shape index (κ2) is 6.96. The molecule has 0 amide bonds. The van der Waals surface area contributed by atoms with E-state index in [0.717, 1.165) is 41.3 Å². The third-order valence-electron chi connectivity index (χ3n) is 4.73. The van der Waals surface area contributed by atoms with Gasteiger partial charge in [0.05, 0.1) is 17.1 Å². The summed E-state index contributed by atoms with van der Waals surface area (Å²) >= 11 is 2.01. The summed E-state index contributed by atoms with van der Waals surface area (Å²) in [6.07, 6.45) is 1.83. The summed E-state index contributed by atoms with van der Waals surface area (Å²) in [5, 5.41) is 13.9. The number of pyridine rings is 1. The molecule has 0 aliphatic carbocycles. The topological polar surface area (TPSA) is 59.7 Å². The molecule has 1 aliphatic heterocycles. The highest BCUT2D eigenvalue weighted by Crippen LogP contribution is 2.32. The highest BCUT2D eigenvalue weighted by Gasteiger charge is 2.32. The van der Waals surface area contributed by atoms with E-state index in [2.05, 4.69) is 70.4 Å². The van der Waals surface area contributed by atoms with Gasteiger partial charge < -0.3 is 0 Å². The van der Waals surface area contributed by atoms with Crippen molar-refractivity contribution in [2.45, 2.75) is 32.4 Å². The molecule has 7 heteroatoms. The first kappa shape index (κ1) is 17.4. The van der Waals surface area contributed by atoms with Crippen LogP contribution >= 0.6 is 11.8 Å². The van der Waals surface area contributed by atoms with Crippen molar-refractivity contribution in [2.75, 3.05) is 24.6 Å². The maximum atomic E-state index is 4.45. The highest BCUT2D eigenvalue weighted by molar-refractivity contribution is 7.99. The molecule has 1 fully saturated rings. The van der Waals surface area contributed by atoms with E-state index < -0.39 is 0 Å². The Hall–Kier alpha value is -1.99. The van der Waals surface area contributed by atoms with Crippen LogP contribution in [0.1, 0.15) is 38.2 Å². The van der Waals surface area contributed by atoms with E-state index in [-0.39, 0.29) is 11.6 Å². The molecule has 3 heterocycles. The van der Waals surface area contributed by atoms with Gasteiger partial charge in [0.2, 0.25) is 0 Å². The van der Waals surface area contributed by atoms with Crippen LogP contribution in [0.2, 0.25) is 0 Å². The molecular formula is C19H24N6S. The Morgan fingerprint density at radius 3 is 2.69 bits per heavy atom. The van der Waals surface area contributed by atoms with Crippen LogP contribution in [0.4, 0.5) is 0 Å². The zero-order chi connectivity index (χ0) is 18.1. The molecule has 3 aromatic rings. The van der Waals surface area contributed by atoms with Crippen molar-refractivity contribution in [3.05, 3.63) is 47.9 Å². The minimum atomic E-state index is -0.167. The molecule has 136 valence electrons. The predicted molar refractivity (Wildman–Crippen MR) is 105 cm³/mol. The molecule has 0 radical (unpaired) electrons. The summed E-state index contributed by atoms with van der Waals surface area (Å²) in [5.41, 5.74) is 2.07. The van der Waals surface area contributed by atoms with Crippen molar-refractivity contribution in [1.29, 1.82) is 0 Å². The molecule has 0 unspecified atom stereocenters. The fourth-order valence-electron chi connectivity index (χ4n) is 3.47. The van der Waals surface area contributed by atoms with Gasteiger partial charge in [-0.1, -0.05) is 12.1 Å². The van der Waals surface area contributed by atoms with Gasteiger partial charge in [-0.25, -0.2) is 4.68 Å². The van der Waals surface area contributed by atoms with E-state index in [1.165, 1.54) is 5.56 Å². The van der Waals surface area contributed by atoms with Gasteiger partial charge in [0.1, 0.15) is 0 Å². The molecule has 2 aromatic heterocycles. The summed E-state index contributed by atoms with van der Waals surface area (Å²) < 4.78 is 1.97.